The van der Waals surface area contributed by atoms with Crippen LogP contribution in [0, 0.1) is 5.92 Å². The molecule has 0 spiro atoms. The molecule has 0 bridgehead atoms. The van der Waals surface area contributed by atoms with Crippen molar-refractivity contribution >= 4 is 23.6 Å². The summed E-state index contributed by atoms with van der Waals surface area (Å²) in [6.07, 6.45) is 2.96. The number of primary amides is 1. The molecular formula is C18H34N6O4. The Kier molecular flexibility index (Phi) is 9.88. The molecule has 1 aliphatic heterocycles. The van der Waals surface area contributed by atoms with E-state index in [0.717, 1.165) is 6.42 Å². The van der Waals surface area contributed by atoms with E-state index in [2.05, 4.69) is 10.6 Å². The quantitative estimate of drug-likeness (QED) is 0.256. The predicted molar refractivity (Wildman–Crippen MR) is 105 cm³/mol. The van der Waals surface area contributed by atoms with Crippen LogP contribution in [0.2, 0.25) is 0 Å². The van der Waals surface area contributed by atoms with E-state index in [9.17, 15) is 19.2 Å². The molecule has 1 saturated heterocycles. The maximum atomic E-state index is 13.0. The Morgan fingerprint density at radius 2 is 1.79 bits per heavy atom. The van der Waals surface area contributed by atoms with Gasteiger partial charge in [-0.1, -0.05) is 13.8 Å². The van der Waals surface area contributed by atoms with Gasteiger partial charge in [-0.3, -0.25) is 19.2 Å². The number of rotatable bonds is 11. The van der Waals surface area contributed by atoms with E-state index in [1.165, 1.54) is 4.90 Å². The third kappa shape index (κ3) is 6.75. The van der Waals surface area contributed by atoms with E-state index < -0.39 is 35.8 Å². The number of nitrogens with one attached hydrogen (secondary N) is 2. The molecule has 0 aromatic rings. The average Bonchev–Trinajstić information content (AvgIpc) is 3.13. The number of nitrogens with zero attached hydrogens (tertiary/aromatic N) is 1. The fourth-order valence-corrected chi connectivity index (χ4v) is 3.32. The Hall–Kier alpha value is -2.20. The molecule has 10 heteroatoms. The lowest BCUT2D eigenvalue weighted by molar-refractivity contribution is -0.142. The molecule has 0 saturated carbocycles. The second-order valence-corrected chi connectivity index (χ2v) is 7.43. The topological polar surface area (TPSA) is 174 Å². The summed E-state index contributed by atoms with van der Waals surface area (Å²) in [4.78, 5) is 50.5. The summed E-state index contributed by atoms with van der Waals surface area (Å²) in [5.41, 5.74) is 16.2. The zero-order valence-corrected chi connectivity index (χ0v) is 16.8. The minimum absolute atomic E-state index is 0.167. The second kappa shape index (κ2) is 11.6. The SMILES string of the molecule is CC(C)[C@H](NC(=O)[C@@H]1CCCN1C(=O)[C@H](CCCCN)NC(=O)CN)C(N)=O. The Morgan fingerprint density at radius 1 is 1.11 bits per heavy atom. The van der Waals surface area contributed by atoms with Gasteiger partial charge in [0.05, 0.1) is 6.54 Å². The molecular weight excluding hydrogens is 364 g/mol. The van der Waals surface area contributed by atoms with Gasteiger partial charge in [-0.15, -0.1) is 0 Å². The highest BCUT2D eigenvalue weighted by molar-refractivity contribution is 5.94. The van der Waals surface area contributed by atoms with Gasteiger partial charge in [0.1, 0.15) is 18.1 Å². The van der Waals surface area contributed by atoms with Crippen LogP contribution in [0.15, 0.2) is 0 Å². The van der Waals surface area contributed by atoms with Crippen molar-refractivity contribution < 1.29 is 19.2 Å². The summed E-state index contributed by atoms with van der Waals surface area (Å²) in [7, 11) is 0. The monoisotopic (exact) mass is 398 g/mol. The maximum absolute atomic E-state index is 13.0. The van der Waals surface area contributed by atoms with E-state index in [4.69, 9.17) is 17.2 Å². The van der Waals surface area contributed by atoms with E-state index in [-0.39, 0.29) is 18.4 Å². The van der Waals surface area contributed by atoms with Gasteiger partial charge in [0.25, 0.3) is 0 Å². The molecule has 1 aliphatic rings. The normalized spacial score (nSPS) is 18.6. The maximum Gasteiger partial charge on any atom is 0.245 e. The molecule has 1 fully saturated rings. The van der Waals surface area contributed by atoms with Gasteiger partial charge in [-0.25, -0.2) is 0 Å². The van der Waals surface area contributed by atoms with Crippen molar-refractivity contribution in [3.8, 4) is 0 Å². The largest absolute Gasteiger partial charge is 0.368 e. The lowest BCUT2D eigenvalue weighted by Gasteiger charge is -2.30. The molecule has 8 N–H and O–H groups in total. The highest BCUT2D eigenvalue weighted by atomic mass is 16.2. The standard InChI is InChI=1S/C18H34N6O4/c1-11(2)15(16(21)26)23-17(27)13-7-5-9-24(13)18(28)12(6-3-4-8-19)22-14(25)10-20/h11-13,15H,3-10,19-20H2,1-2H3,(H2,21,26)(H,22,25)(H,23,27)/t12-,13-,15-/m0/s1. The lowest BCUT2D eigenvalue weighted by Crippen LogP contribution is -2.57. The zero-order valence-electron chi connectivity index (χ0n) is 16.8. The van der Waals surface area contributed by atoms with Crippen molar-refractivity contribution in [3.63, 3.8) is 0 Å². The first-order valence-corrected chi connectivity index (χ1v) is 9.82. The van der Waals surface area contributed by atoms with Crippen LogP contribution in [0.1, 0.15) is 46.0 Å². The first kappa shape index (κ1) is 23.8. The van der Waals surface area contributed by atoms with Crippen LogP contribution in [0.3, 0.4) is 0 Å². The molecule has 0 unspecified atom stereocenters. The molecule has 160 valence electrons. The number of hydrogen-bond acceptors (Lipinski definition) is 6. The van der Waals surface area contributed by atoms with E-state index >= 15 is 0 Å². The first-order chi connectivity index (χ1) is 13.2. The minimum Gasteiger partial charge on any atom is -0.368 e. The van der Waals surface area contributed by atoms with Crippen LogP contribution < -0.4 is 27.8 Å². The summed E-state index contributed by atoms with van der Waals surface area (Å²) in [6.45, 7) is 4.24. The molecule has 0 radical (unpaired) electrons. The van der Waals surface area contributed by atoms with Gasteiger partial charge >= 0.3 is 0 Å². The number of carbonyl (C=O) groups is 4. The van der Waals surface area contributed by atoms with Gasteiger partial charge in [0.2, 0.25) is 23.6 Å². The van der Waals surface area contributed by atoms with Crippen LogP contribution in [0.25, 0.3) is 0 Å². The minimum atomic E-state index is -0.803. The van der Waals surface area contributed by atoms with E-state index in [1.54, 1.807) is 13.8 Å². The Balaban J connectivity index is 2.87. The molecule has 1 rings (SSSR count). The van der Waals surface area contributed by atoms with Gasteiger partial charge in [-0.05, 0) is 44.6 Å². The van der Waals surface area contributed by atoms with Crippen LogP contribution in [-0.2, 0) is 19.2 Å². The lowest BCUT2D eigenvalue weighted by atomic mass is 10.0. The van der Waals surface area contributed by atoms with Gasteiger partial charge in [-0.2, -0.15) is 0 Å². The van der Waals surface area contributed by atoms with Crippen LogP contribution in [-0.4, -0.2) is 66.3 Å². The fourth-order valence-electron chi connectivity index (χ4n) is 3.32. The summed E-state index contributed by atoms with van der Waals surface area (Å²) < 4.78 is 0. The summed E-state index contributed by atoms with van der Waals surface area (Å²) >= 11 is 0. The number of carbonyl (C=O) groups excluding carboxylic acids is 4. The van der Waals surface area contributed by atoms with Gasteiger partial charge in [0, 0.05) is 6.54 Å². The molecule has 0 aliphatic carbocycles. The summed E-state index contributed by atoms with van der Waals surface area (Å²) in [6, 6.07) is -2.25. The molecule has 10 nitrogen and oxygen atoms in total. The molecule has 1 heterocycles. The Morgan fingerprint density at radius 3 is 2.32 bits per heavy atom. The van der Waals surface area contributed by atoms with Crippen molar-refractivity contribution in [2.24, 2.45) is 23.1 Å². The van der Waals surface area contributed by atoms with Crippen molar-refractivity contribution in [1.29, 1.82) is 0 Å². The molecule has 28 heavy (non-hydrogen) atoms. The zero-order chi connectivity index (χ0) is 21.3. The third-order valence-corrected chi connectivity index (χ3v) is 4.88. The number of hydrogen-bond donors (Lipinski definition) is 5. The van der Waals surface area contributed by atoms with Crippen LogP contribution in [0.5, 0.6) is 0 Å². The number of unbranched alkanes of at least 4 members (excludes halogenated alkanes) is 1. The predicted octanol–water partition coefficient (Wildman–Crippen LogP) is -1.82. The number of likely N-dealkylation sites (tertiary alicyclic amines) is 1. The molecule has 0 aromatic carbocycles. The number of amides is 4. The van der Waals surface area contributed by atoms with Gasteiger partial charge in [0.15, 0.2) is 0 Å². The van der Waals surface area contributed by atoms with E-state index in [1.807, 2.05) is 0 Å². The Bertz CT molecular complexity index is 568. The van der Waals surface area contributed by atoms with Gasteiger partial charge < -0.3 is 32.7 Å². The van der Waals surface area contributed by atoms with E-state index in [0.29, 0.717) is 38.8 Å². The van der Waals surface area contributed by atoms with Crippen LogP contribution >= 0.6 is 0 Å². The number of nitrogens with two attached hydrogens (primary N) is 3. The third-order valence-electron chi connectivity index (χ3n) is 4.88. The summed E-state index contributed by atoms with van der Waals surface area (Å²) in [5, 5.41) is 5.29. The molecule has 4 amide bonds. The summed E-state index contributed by atoms with van der Waals surface area (Å²) in [5.74, 6) is -1.94. The smallest absolute Gasteiger partial charge is 0.245 e. The average molecular weight is 399 g/mol. The second-order valence-electron chi connectivity index (χ2n) is 7.43. The van der Waals surface area contributed by atoms with Crippen molar-refractivity contribution in [2.45, 2.75) is 64.1 Å². The van der Waals surface area contributed by atoms with Crippen molar-refractivity contribution in [3.05, 3.63) is 0 Å². The highest BCUT2D eigenvalue weighted by Gasteiger charge is 2.38. The van der Waals surface area contributed by atoms with Crippen molar-refractivity contribution in [2.75, 3.05) is 19.6 Å². The molecule has 3 atom stereocenters. The fraction of sp³-hybridized carbons (Fsp3) is 0.778. The molecule has 0 aromatic heterocycles. The first-order valence-electron chi connectivity index (χ1n) is 9.82. The van der Waals surface area contributed by atoms with Crippen molar-refractivity contribution in [1.82, 2.24) is 15.5 Å². The Labute approximate surface area is 165 Å². The van der Waals surface area contributed by atoms with Crippen LogP contribution in [0.4, 0.5) is 0 Å². The highest BCUT2D eigenvalue weighted by Crippen LogP contribution is 2.20.